The van der Waals surface area contributed by atoms with Crippen molar-refractivity contribution in [3.05, 3.63) is 0 Å². The summed E-state index contributed by atoms with van der Waals surface area (Å²) in [6, 6.07) is 0.0452. The molecule has 1 unspecified atom stereocenters. The average Bonchev–Trinajstić information content (AvgIpc) is 2.64. The normalized spacial score (nSPS) is 20.4. The smallest absolute Gasteiger partial charge is 0.234 e. The molecule has 0 radical (unpaired) electrons. The summed E-state index contributed by atoms with van der Waals surface area (Å²) in [4.78, 5) is 14.2. The van der Waals surface area contributed by atoms with Crippen molar-refractivity contribution in [2.45, 2.75) is 57.0 Å². The SMILES string of the molecule is COCC(C)NC(=O)CN(C)C1(CN)CCCCCC1. The largest absolute Gasteiger partial charge is 0.383 e. The van der Waals surface area contributed by atoms with Gasteiger partial charge in [-0.2, -0.15) is 0 Å². The number of hydrogen-bond acceptors (Lipinski definition) is 4. The number of ether oxygens (including phenoxy) is 1. The van der Waals surface area contributed by atoms with Gasteiger partial charge < -0.3 is 15.8 Å². The number of methoxy groups -OCH3 is 1. The molecular formula is C15H31N3O2. The summed E-state index contributed by atoms with van der Waals surface area (Å²) in [6.45, 7) is 3.53. The summed E-state index contributed by atoms with van der Waals surface area (Å²) >= 11 is 0. The molecule has 0 aromatic rings. The highest BCUT2D eigenvalue weighted by Crippen LogP contribution is 2.30. The van der Waals surface area contributed by atoms with Crippen molar-refractivity contribution in [3.8, 4) is 0 Å². The second-order valence-corrected chi connectivity index (χ2v) is 6.12. The minimum absolute atomic E-state index is 0.00165. The predicted octanol–water partition coefficient (Wildman–Crippen LogP) is 1.12. The standard InChI is InChI=1S/C15H31N3O2/c1-13(11-20-3)17-14(19)10-18(2)15(12-16)8-6-4-5-7-9-15/h13H,4-12,16H2,1-3H3,(H,17,19). The van der Waals surface area contributed by atoms with Gasteiger partial charge >= 0.3 is 0 Å². The van der Waals surface area contributed by atoms with E-state index in [9.17, 15) is 4.79 Å². The molecule has 5 heteroatoms. The first-order chi connectivity index (χ1) is 9.54. The van der Waals surface area contributed by atoms with E-state index in [0.717, 1.165) is 12.8 Å². The van der Waals surface area contributed by atoms with Crippen LogP contribution in [0.25, 0.3) is 0 Å². The Bertz CT molecular complexity index is 289. The van der Waals surface area contributed by atoms with E-state index in [1.807, 2.05) is 14.0 Å². The first-order valence-corrected chi connectivity index (χ1v) is 7.73. The van der Waals surface area contributed by atoms with Crippen LogP contribution in [-0.2, 0) is 9.53 Å². The molecule has 1 aliphatic rings. The molecule has 1 fully saturated rings. The quantitative estimate of drug-likeness (QED) is 0.688. The summed E-state index contributed by atoms with van der Waals surface area (Å²) in [5.41, 5.74) is 6.04. The number of nitrogens with one attached hydrogen (secondary N) is 1. The summed E-state index contributed by atoms with van der Waals surface area (Å²) in [7, 11) is 3.67. The van der Waals surface area contributed by atoms with Gasteiger partial charge in [-0.1, -0.05) is 25.7 Å². The molecule has 1 saturated carbocycles. The van der Waals surface area contributed by atoms with Crippen molar-refractivity contribution >= 4 is 5.91 Å². The molecule has 1 atom stereocenters. The Morgan fingerprint density at radius 3 is 2.45 bits per heavy atom. The molecule has 1 rings (SSSR count). The van der Waals surface area contributed by atoms with Crippen LogP contribution in [0.15, 0.2) is 0 Å². The summed E-state index contributed by atoms with van der Waals surface area (Å²) in [6.07, 6.45) is 7.19. The van der Waals surface area contributed by atoms with Gasteiger partial charge in [0, 0.05) is 25.2 Å². The maximum absolute atomic E-state index is 12.1. The Morgan fingerprint density at radius 2 is 1.95 bits per heavy atom. The summed E-state index contributed by atoms with van der Waals surface area (Å²) < 4.78 is 5.03. The lowest BCUT2D eigenvalue weighted by atomic mass is 9.88. The van der Waals surface area contributed by atoms with Crippen LogP contribution in [0.1, 0.15) is 45.4 Å². The molecule has 0 aromatic carbocycles. The van der Waals surface area contributed by atoms with Crippen LogP contribution in [0, 0.1) is 0 Å². The highest BCUT2D eigenvalue weighted by atomic mass is 16.5. The van der Waals surface area contributed by atoms with Crippen LogP contribution < -0.4 is 11.1 Å². The van der Waals surface area contributed by atoms with Crippen molar-refractivity contribution in [2.24, 2.45) is 5.73 Å². The maximum atomic E-state index is 12.1. The lowest BCUT2D eigenvalue weighted by molar-refractivity contribution is -0.124. The molecule has 20 heavy (non-hydrogen) atoms. The highest BCUT2D eigenvalue weighted by molar-refractivity contribution is 5.78. The fourth-order valence-corrected chi connectivity index (χ4v) is 3.12. The van der Waals surface area contributed by atoms with E-state index in [4.69, 9.17) is 10.5 Å². The molecule has 1 aliphatic carbocycles. The van der Waals surface area contributed by atoms with Crippen LogP contribution in [0.4, 0.5) is 0 Å². The lowest BCUT2D eigenvalue weighted by Crippen LogP contribution is -2.55. The Morgan fingerprint density at radius 1 is 1.35 bits per heavy atom. The maximum Gasteiger partial charge on any atom is 0.234 e. The van der Waals surface area contributed by atoms with E-state index in [-0.39, 0.29) is 17.5 Å². The second-order valence-electron chi connectivity index (χ2n) is 6.12. The number of hydrogen-bond donors (Lipinski definition) is 2. The van der Waals surface area contributed by atoms with Crippen molar-refractivity contribution in [3.63, 3.8) is 0 Å². The minimum Gasteiger partial charge on any atom is -0.383 e. The lowest BCUT2D eigenvalue weighted by Gasteiger charge is -2.40. The van der Waals surface area contributed by atoms with E-state index >= 15 is 0 Å². The number of carbonyl (C=O) groups excluding carboxylic acids is 1. The van der Waals surface area contributed by atoms with Gasteiger partial charge in [-0.15, -0.1) is 0 Å². The number of nitrogens with two attached hydrogens (primary N) is 1. The molecule has 0 aliphatic heterocycles. The predicted molar refractivity (Wildman–Crippen MR) is 81.6 cm³/mol. The molecule has 0 bridgehead atoms. The molecule has 3 N–H and O–H groups in total. The van der Waals surface area contributed by atoms with Crippen molar-refractivity contribution in [1.82, 2.24) is 10.2 Å². The van der Waals surface area contributed by atoms with E-state index in [0.29, 0.717) is 19.7 Å². The van der Waals surface area contributed by atoms with Gasteiger partial charge in [-0.25, -0.2) is 0 Å². The number of carbonyl (C=O) groups is 1. The van der Waals surface area contributed by atoms with Crippen LogP contribution in [0.2, 0.25) is 0 Å². The summed E-state index contributed by atoms with van der Waals surface area (Å²) in [5.74, 6) is 0.0501. The number of likely N-dealkylation sites (N-methyl/N-ethyl adjacent to an activating group) is 1. The fourth-order valence-electron chi connectivity index (χ4n) is 3.12. The van der Waals surface area contributed by atoms with Gasteiger partial charge in [0.2, 0.25) is 5.91 Å². The molecule has 0 aromatic heterocycles. The van der Waals surface area contributed by atoms with Crippen LogP contribution in [0.3, 0.4) is 0 Å². The van der Waals surface area contributed by atoms with Crippen LogP contribution >= 0.6 is 0 Å². The Labute approximate surface area is 123 Å². The molecule has 0 heterocycles. The number of nitrogens with zero attached hydrogens (tertiary/aromatic N) is 1. The molecule has 118 valence electrons. The van der Waals surface area contributed by atoms with E-state index in [1.54, 1.807) is 7.11 Å². The average molecular weight is 285 g/mol. The minimum atomic E-state index is -0.00165. The number of rotatable bonds is 7. The van der Waals surface area contributed by atoms with Gasteiger partial charge in [0.05, 0.1) is 13.2 Å². The topological polar surface area (TPSA) is 67.6 Å². The van der Waals surface area contributed by atoms with Crippen molar-refractivity contribution < 1.29 is 9.53 Å². The molecule has 0 spiro atoms. The van der Waals surface area contributed by atoms with E-state index < -0.39 is 0 Å². The third-order valence-corrected chi connectivity index (χ3v) is 4.43. The van der Waals surface area contributed by atoms with Gasteiger partial charge in [0.15, 0.2) is 0 Å². The first-order valence-electron chi connectivity index (χ1n) is 7.73. The zero-order valence-electron chi connectivity index (χ0n) is 13.3. The van der Waals surface area contributed by atoms with Gasteiger partial charge in [0.1, 0.15) is 0 Å². The first kappa shape index (κ1) is 17.4. The molecule has 5 nitrogen and oxygen atoms in total. The zero-order chi connectivity index (χ0) is 15.0. The zero-order valence-corrected chi connectivity index (χ0v) is 13.3. The highest BCUT2D eigenvalue weighted by Gasteiger charge is 2.34. The Balaban J connectivity index is 2.53. The summed E-state index contributed by atoms with van der Waals surface area (Å²) in [5, 5.41) is 2.96. The molecular weight excluding hydrogens is 254 g/mol. The van der Waals surface area contributed by atoms with Crippen molar-refractivity contribution in [2.75, 3.05) is 33.9 Å². The van der Waals surface area contributed by atoms with Gasteiger partial charge in [-0.05, 0) is 26.8 Å². The van der Waals surface area contributed by atoms with Gasteiger partial charge in [0.25, 0.3) is 0 Å². The van der Waals surface area contributed by atoms with Crippen molar-refractivity contribution in [1.29, 1.82) is 0 Å². The molecule has 0 saturated heterocycles. The fraction of sp³-hybridized carbons (Fsp3) is 0.933. The molecule has 1 amide bonds. The third kappa shape index (κ3) is 5.04. The monoisotopic (exact) mass is 285 g/mol. The Hall–Kier alpha value is -0.650. The van der Waals surface area contributed by atoms with Gasteiger partial charge in [-0.3, -0.25) is 9.69 Å². The third-order valence-electron chi connectivity index (χ3n) is 4.43. The van der Waals surface area contributed by atoms with E-state index in [2.05, 4.69) is 10.2 Å². The number of amides is 1. The second kappa shape index (κ2) is 8.60. The van der Waals surface area contributed by atoms with Crippen LogP contribution in [0.5, 0.6) is 0 Å². The van der Waals surface area contributed by atoms with E-state index in [1.165, 1.54) is 25.7 Å². The Kier molecular flexibility index (Phi) is 7.48. The van der Waals surface area contributed by atoms with Crippen LogP contribution in [-0.4, -0.2) is 56.2 Å².